The summed E-state index contributed by atoms with van der Waals surface area (Å²) < 4.78 is 0. The van der Waals surface area contributed by atoms with Crippen molar-refractivity contribution >= 4 is 21.8 Å². The molecule has 0 saturated carbocycles. The number of nitrogens with two attached hydrogens (primary N) is 2. The molecule has 0 aliphatic heterocycles. The van der Waals surface area contributed by atoms with Gasteiger partial charge in [0.1, 0.15) is 11.6 Å². The van der Waals surface area contributed by atoms with Crippen LogP contribution >= 0.6 is 0 Å². The fourth-order valence-electron chi connectivity index (χ4n) is 5.32. The topological polar surface area (TPSA) is 109 Å². The third-order valence-electron chi connectivity index (χ3n) is 7.60. The van der Waals surface area contributed by atoms with Gasteiger partial charge in [-0.05, 0) is 102 Å². The SMILES string of the molecule is NCCCCc1ncc(-c2ccc(-c3ccc4cc(-c5ccc6nc(CCCCN)[nH]c6c5)ccc4c3)cc2)[nH]1. The number of aromatic nitrogens is 4. The number of aryl methyl sites for hydroxylation is 2. The Labute approximate surface area is 234 Å². The van der Waals surface area contributed by atoms with Crippen molar-refractivity contribution in [2.75, 3.05) is 13.1 Å². The van der Waals surface area contributed by atoms with E-state index in [9.17, 15) is 0 Å². The van der Waals surface area contributed by atoms with Gasteiger partial charge in [0.15, 0.2) is 0 Å². The van der Waals surface area contributed by atoms with Crippen LogP contribution in [0.2, 0.25) is 0 Å². The normalized spacial score (nSPS) is 11.6. The maximum absolute atomic E-state index is 5.63. The zero-order valence-corrected chi connectivity index (χ0v) is 22.8. The van der Waals surface area contributed by atoms with Gasteiger partial charge in [-0.2, -0.15) is 0 Å². The molecule has 0 saturated heterocycles. The highest BCUT2D eigenvalue weighted by Crippen LogP contribution is 2.31. The summed E-state index contributed by atoms with van der Waals surface area (Å²) in [5.74, 6) is 2.06. The predicted octanol–water partition coefficient (Wildman–Crippen LogP) is 7.00. The van der Waals surface area contributed by atoms with E-state index in [0.717, 1.165) is 85.6 Å². The largest absolute Gasteiger partial charge is 0.342 e. The van der Waals surface area contributed by atoms with Crippen molar-refractivity contribution in [2.45, 2.75) is 38.5 Å². The molecule has 6 aromatic rings. The van der Waals surface area contributed by atoms with Crippen molar-refractivity contribution in [3.63, 3.8) is 0 Å². The molecular formula is C34H36N6. The number of imidazole rings is 2. The lowest BCUT2D eigenvalue weighted by Gasteiger charge is -2.08. The van der Waals surface area contributed by atoms with Crippen molar-refractivity contribution in [1.82, 2.24) is 19.9 Å². The molecule has 0 aliphatic carbocycles. The van der Waals surface area contributed by atoms with Gasteiger partial charge in [0.25, 0.3) is 0 Å². The molecule has 6 nitrogen and oxygen atoms in total. The van der Waals surface area contributed by atoms with E-state index in [0.29, 0.717) is 0 Å². The molecule has 0 spiro atoms. The minimum Gasteiger partial charge on any atom is -0.342 e. The first-order chi connectivity index (χ1) is 19.7. The Morgan fingerprint density at radius 1 is 0.550 bits per heavy atom. The Hall–Kier alpha value is -4.26. The zero-order chi connectivity index (χ0) is 27.3. The molecule has 4 aromatic carbocycles. The molecule has 0 aliphatic rings. The molecule has 6 heteroatoms. The van der Waals surface area contributed by atoms with Crippen LogP contribution in [0.5, 0.6) is 0 Å². The Bertz CT molecular complexity index is 1730. The molecule has 2 heterocycles. The van der Waals surface area contributed by atoms with Crippen LogP contribution in [0.1, 0.15) is 37.3 Å². The van der Waals surface area contributed by atoms with Gasteiger partial charge in [-0.3, -0.25) is 0 Å². The van der Waals surface area contributed by atoms with E-state index < -0.39 is 0 Å². The second kappa shape index (κ2) is 11.9. The quantitative estimate of drug-likeness (QED) is 0.136. The number of hydrogen-bond donors (Lipinski definition) is 4. The lowest BCUT2D eigenvalue weighted by atomic mass is 9.97. The Morgan fingerprint density at radius 3 is 1.82 bits per heavy atom. The lowest BCUT2D eigenvalue weighted by molar-refractivity contribution is 0.723. The van der Waals surface area contributed by atoms with Gasteiger partial charge in [0, 0.05) is 12.8 Å². The minimum atomic E-state index is 0.726. The number of benzene rings is 4. The molecule has 0 unspecified atom stereocenters. The smallest absolute Gasteiger partial charge is 0.107 e. The number of nitrogens with zero attached hydrogens (tertiary/aromatic N) is 2. The summed E-state index contributed by atoms with van der Waals surface area (Å²) >= 11 is 0. The lowest BCUT2D eigenvalue weighted by Crippen LogP contribution is -1.99. The molecule has 6 N–H and O–H groups in total. The fourth-order valence-corrected chi connectivity index (χ4v) is 5.32. The Morgan fingerprint density at radius 2 is 1.12 bits per heavy atom. The first-order valence-electron chi connectivity index (χ1n) is 14.3. The van der Waals surface area contributed by atoms with Crippen LogP contribution in [-0.4, -0.2) is 33.0 Å². The maximum atomic E-state index is 5.63. The molecular weight excluding hydrogens is 492 g/mol. The van der Waals surface area contributed by atoms with Gasteiger partial charge in [0.05, 0.1) is 22.9 Å². The van der Waals surface area contributed by atoms with Crippen molar-refractivity contribution < 1.29 is 0 Å². The summed E-state index contributed by atoms with van der Waals surface area (Å²) in [5.41, 5.74) is 20.3. The first-order valence-corrected chi connectivity index (χ1v) is 14.3. The average Bonchev–Trinajstić information content (AvgIpc) is 3.63. The highest BCUT2D eigenvalue weighted by Gasteiger charge is 2.08. The molecule has 202 valence electrons. The van der Waals surface area contributed by atoms with Gasteiger partial charge < -0.3 is 21.4 Å². The summed E-state index contributed by atoms with van der Waals surface area (Å²) in [6.07, 6.45) is 7.95. The van der Waals surface area contributed by atoms with E-state index >= 15 is 0 Å². The summed E-state index contributed by atoms with van der Waals surface area (Å²) in [5, 5.41) is 2.45. The third-order valence-corrected chi connectivity index (χ3v) is 7.60. The maximum Gasteiger partial charge on any atom is 0.107 e. The number of hydrogen-bond acceptors (Lipinski definition) is 4. The molecule has 2 aromatic heterocycles. The summed E-state index contributed by atoms with van der Waals surface area (Å²) in [7, 11) is 0. The van der Waals surface area contributed by atoms with Gasteiger partial charge in [-0.15, -0.1) is 0 Å². The van der Waals surface area contributed by atoms with E-state index in [1.54, 1.807) is 0 Å². The molecule has 40 heavy (non-hydrogen) atoms. The zero-order valence-electron chi connectivity index (χ0n) is 22.8. The standard InChI is InChI=1S/C34H36N6/c35-17-3-1-5-33-37-22-32(40-33)24-9-7-23(8-10-24)25-11-12-27-20-28(14-13-26(27)19-25)29-15-16-30-31(21-29)39-34(38-30)6-2-4-18-36/h7-16,19-22H,1-6,17-18,35-36H2,(H,37,40)(H,38,39). The van der Waals surface area contributed by atoms with Crippen molar-refractivity contribution in [3.8, 4) is 33.5 Å². The number of unbranched alkanes of at least 4 members (excludes halogenated alkanes) is 2. The van der Waals surface area contributed by atoms with Crippen LogP contribution in [-0.2, 0) is 12.8 Å². The van der Waals surface area contributed by atoms with Crippen LogP contribution in [0.3, 0.4) is 0 Å². The van der Waals surface area contributed by atoms with E-state index in [-0.39, 0.29) is 0 Å². The predicted molar refractivity (Wildman–Crippen MR) is 166 cm³/mol. The second-order valence-electron chi connectivity index (χ2n) is 10.5. The van der Waals surface area contributed by atoms with E-state index in [2.05, 4.69) is 93.8 Å². The summed E-state index contributed by atoms with van der Waals surface area (Å²) in [6.45, 7) is 1.45. The van der Waals surface area contributed by atoms with E-state index in [1.165, 1.54) is 33.0 Å². The van der Waals surface area contributed by atoms with Crippen LogP contribution in [0.15, 0.2) is 85.1 Å². The number of fused-ring (bicyclic) bond motifs is 2. The monoisotopic (exact) mass is 528 g/mol. The van der Waals surface area contributed by atoms with Crippen LogP contribution in [0.25, 0.3) is 55.3 Å². The van der Waals surface area contributed by atoms with Crippen molar-refractivity contribution in [3.05, 3.63) is 96.7 Å². The molecule has 0 radical (unpaired) electrons. The Kier molecular flexibility index (Phi) is 7.71. The molecule has 6 rings (SSSR count). The van der Waals surface area contributed by atoms with Crippen molar-refractivity contribution in [2.24, 2.45) is 11.5 Å². The van der Waals surface area contributed by atoms with Crippen molar-refractivity contribution in [1.29, 1.82) is 0 Å². The van der Waals surface area contributed by atoms with Gasteiger partial charge >= 0.3 is 0 Å². The van der Waals surface area contributed by atoms with E-state index in [1.807, 2.05) is 6.20 Å². The van der Waals surface area contributed by atoms with Gasteiger partial charge in [-0.25, -0.2) is 9.97 Å². The molecule has 0 fully saturated rings. The van der Waals surface area contributed by atoms with Crippen LogP contribution in [0.4, 0.5) is 0 Å². The fraction of sp³-hybridized carbons (Fsp3) is 0.235. The molecule has 0 bridgehead atoms. The minimum absolute atomic E-state index is 0.726. The number of nitrogens with one attached hydrogen (secondary N) is 2. The first kappa shape index (κ1) is 26.0. The average molecular weight is 529 g/mol. The summed E-state index contributed by atoms with van der Waals surface area (Å²) in [6, 6.07) is 28.5. The summed E-state index contributed by atoms with van der Waals surface area (Å²) in [4.78, 5) is 16.2. The highest BCUT2D eigenvalue weighted by molar-refractivity contribution is 5.92. The number of H-pyrrole nitrogens is 2. The van der Waals surface area contributed by atoms with Gasteiger partial charge in [0.2, 0.25) is 0 Å². The number of aromatic amines is 2. The molecule has 0 atom stereocenters. The Balaban J connectivity index is 1.19. The van der Waals surface area contributed by atoms with Crippen LogP contribution < -0.4 is 11.5 Å². The third kappa shape index (κ3) is 5.69. The second-order valence-corrected chi connectivity index (χ2v) is 10.5. The van der Waals surface area contributed by atoms with Crippen LogP contribution in [0, 0.1) is 0 Å². The van der Waals surface area contributed by atoms with Gasteiger partial charge in [-0.1, -0.05) is 54.6 Å². The molecule has 0 amide bonds. The number of rotatable bonds is 11. The van der Waals surface area contributed by atoms with E-state index in [4.69, 9.17) is 16.5 Å². The highest BCUT2D eigenvalue weighted by atomic mass is 14.9.